The van der Waals surface area contributed by atoms with E-state index in [0.29, 0.717) is 11.1 Å². The van der Waals surface area contributed by atoms with Gasteiger partial charge >= 0.3 is 11.9 Å². The number of ether oxygens (including phenoxy) is 3. The van der Waals surface area contributed by atoms with E-state index in [0.717, 1.165) is 5.56 Å². The van der Waals surface area contributed by atoms with E-state index in [1.165, 1.54) is 44.6 Å². The zero-order chi connectivity index (χ0) is 25.4. The molecule has 8 heteroatoms. The Labute approximate surface area is 202 Å². The highest BCUT2D eigenvalue weighted by Gasteiger charge is 2.17. The lowest BCUT2D eigenvalue weighted by atomic mass is 10.1. The van der Waals surface area contributed by atoms with E-state index in [-0.39, 0.29) is 28.3 Å². The number of methoxy groups -OCH3 is 2. The molecule has 0 saturated carbocycles. The minimum atomic E-state index is -0.710. The van der Waals surface area contributed by atoms with Crippen LogP contribution in [0.2, 0.25) is 0 Å². The summed E-state index contributed by atoms with van der Waals surface area (Å²) in [6.45, 7) is 1.91. The highest BCUT2D eigenvalue weighted by Crippen LogP contribution is 2.30. The van der Waals surface area contributed by atoms with Crippen molar-refractivity contribution in [1.82, 2.24) is 0 Å². The van der Waals surface area contributed by atoms with Crippen LogP contribution in [0.3, 0.4) is 0 Å². The summed E-state index contributed by atoms with van der Waals surface area (Å²) < 4.78 is 15.5. The predicted molar refractivity (Wildman–Crippen MR) is 129 cm³/mol. The maximum atomic E-state index is 12.7. The van der Waals surface area contributed by atoms with E-state index >= 15 is 0 Å². The van der Waals surface area contributed by atoms with Crippen LogP contribution in [0.5, 0.6) is 11.5 Å². The first-order valence-corrected chi connectivity index (χ1v) is 10.4. The van der Waals surface area contributed by atoms with Crippen LogP contribution in [0.4, 0.5) is 5.69 Å². The first-order chi connectivity index (χ1) is 16.9. The van der Waals surface area contributed by atoms with Gasteiger partial charge in [-0.15, -0.1) is 0 Å². The number of esters is 2. The van der Waals surface area contributed by atoms with Gasteiger partial charge in [-0.25, -0.2) is 9.59 Å². The Morgan fingerprint density at radius 1 is 0.914 bits per heavy atom. The molecule has 0 bridgehead atoms. The average Bonchev–Trinajstić information content (AvgIpc) is 2.88. The summed E-state index contributed by atoms with van der Waals surface area (Å²) >= 11 is 0. The van der Waals surface area contributed by atoms with Crippen LogP contribution >= 0.6 is 0 Å². The van der Waals surface area contributed by atoms with Gasteiger partial charge in [-0.3, -0.25) is 4.79 Å². The number of hydrogen-bond donors (Lipinski definition) is 1. The highest BCUT2D eigenvalue weighted by atomic mass is 16.6. The molecule has 0 aliphatic rings. The van der Waals surface area contributed by atoms with Gasteiger partial charge in [-0.05, 0) is 55.0 Å². The van der Waals surface area contributed by atoms with Crippen molar-refractivity contribution in [1.29, 1.82) is 5.26 Å². The first-order valence-electron chi connectivity index (χ1n) is 10.4. The summed E-state index contributed by atoms with van der Waals surface area (Å²) in [5.74, 6) is -1.45. The number of nitrogens with one attached hydrogen (secondary N) is 1. The van der Waals surface area contributed by atoms with Crippen LogP contribution in [0, 0.1) is 18.3 Å². The largest absolute Gasteiger partial charge is 0.493 e. The van der Waals surface area contributed by atoms with Crippen molar-refractivity contribution >= 4 is 29.6 Å². The number of hydrogen-bond acceptors (Lipinski definition) is 7. The fraction of sp³-hybridized carbons (Fsp3) is 0.111. The van der Waals surface area contributed by atoms with Crippen molar-refractivity contribution in [2.45, 2.75) is 6.92 Å². The van der Waals surface area contributed by atoms with Gasteiger partial charge in [0.25, 0.3) is 5.91 Å². The van der Waals surface area contributed by atoms with E-state index in [1.807, 2.05) is 13.0 Å². The van der Waals surface area contributed by atoms with Crippen LogP contribution in [-0.2, 0) is 9.53 Å². The number of anilines is 1. The Morgan fingerprint density at radius 2 is 1.63 bits per heavy atom. The Morgan fingerprint density at radius 3 is 2.29 bits per heavy atom. The standard InChI is InChI=1S/C27H22N2O6/c1-17-8-11-19(12-9-17)26(31)35-23-13-10-18(15-24(23)33-2)14-20(16-28)25(30)29-22-7-5-4-6-21(22)27(32)34-3/h4-15H,1-3H3,(H,29,30)/b20-14-. The molecule has 0 saturated heterocycles. The van der Waals surface area contributed by atoms with E-state index in [1.54, 1.807) is 42.5 Å². The van der Waals surface area contributed by atoms with E-state index in [9.17, 15) is 19.6 Å². The minimum Gasteiger partial charge on any atom is -0.493 e. The van der Waals surface area contributed by atoms with Gasteiger partial charge < -0.3 is 19.5 Å². The van der Waals surface area contributed by atoms with Crippen LogP contribution in [-0.4, -0.2) is 32.1 Å². The SMILES string of the molecule is COC(=O)c1ccccc1NC(=O)/C(C#N)=C\c1ccc(OC(=O)c2ccc(C)cc2)c(OC)c1. The van der Waals surface area contributed by atoms with Crippen molar-refractivity contribution in [3.8, 4) is 17.6 Å². The number of benzene rings is 3. The van der Waals surface area contributed by atoms with E-state index in [2.05, 4.69) is 5.32 Å². The molecule has 0 radical (unpaired) electrons. The molecular weight excluding hydrogens is 448 g/mol. The Kier molecular flexibility index (Phi) is 7.98. The van der Waals surface area contributed by atoms with Crippen LogP contribution in [0.25, 0.3) is 6.08 Å². The van der Waals surface area contributed by atoms with Gasteiger partial charge in [-0.2, -0.15) is 5.26 Å². The monoisotopic (exact) mass is 470 g/mol. The van der Waals surface area contributed by atoms with Gasteiger partial charge in [0.05, 0.1) is 31.0 Å². The third-order valence-corrected chi connectivity index (χ3v) is 4.93. The molecule has 3 aromatic carbocycles. The highest BCUT2D eigenvalue weighted by molar-refractivity contribution is 6.12. The van der Waals surface area contributed by atoms with E-state index in [4.69, 9.17) is 14.2 Å². The molecule has 3 rings (SSSR count). The molecule has 0 atom stereocenters. The molecule has 0 aliphatic heterocycles. The third kappa shape index (κ3) is 6.12. The Hall–Kier alpha value is -4.90. The average molecular weight is 470 g/mol. The molecule has 0 aliphatic carbocycles. The second-order valence-corrected chi connectivity index (χ2v) is 7.33. The number of nitriles is 1. The molecule has 0 spiro atoms. The fourth-order valence-electron chi connectivity index (χ4n) is 3.09. The Balaban J connectivity index is 1.82. The molecule has 0 heterocycles. The molecule has 1 N–H and O–H groups in total. The van der Waals surface area contributed by atoms with Gasteiger partial charge in [0.15, 0.2) is 11.5 Å². The number of carbonyl (C=O) groups excluding carboxylic acids is 3. The zero-order valence-electron chi connectivity index (χ0n) is 19.3. The number of rotatable bonds is 7. The number of nitrogens with zero attached hydrogens (tertiary/aromatic N) is 1. The number of amides is 1. The summed E-state index contributed by atoms with van der Waals surface area (Å²) in [7, 11) is 2.64. The summed E-state index contributed by atoms with van der Waals surface area (Å²) in [6, 6.07) is 19.7. The smallest absolute Gasteiger partial charge is 0.343 e. The van der Waals surface area contributed by atoms with Crippen LogP contribution < -0.4 is 14.8 Å². The number of carbonyl (C=O) groups is 3. The molecule has 1 amide bonds. The predicted octanol–water partition coefficient (Wildman–Crippen LogP) is 4.56. The summed E-state index contributed by atoms with van der Waals surface area (Å²) in [5, 5.41) is 12.1. The molecule has 0 fully saturated rings. The maximum absolute atomic E-state index is 12.7. The van der Waals surface area contributed by atoms with Crippen LogP contribution in [0.15, 0.2) is 72.3 Å². The van der Waals surface area contributed by atoms with Gasteiger partial charge in [-0.1, -0.05) is 35.9 Å². The summed E-state index contributed by atoms with van der Waals surface area (Å²) in [6.07, 6.45) is 1.35. The normalized spacial score (nSPS) is 10.6. The second kappa shape index (κ2) is 11.3. The molecule has 3 aromatic rings. The zero-order valence-corrected chi connectivity index (χ0v) is 19.3. The minimum absolute atomic E-state index is 0.155. The van der Waals surface area contributed by atoms with Gasteiger partial charge in [0, 0.05) is 0 Å². The quantitative estimate of drug-likeness (QED) is 0.233. The summed E-state index contributed by atoms with van der Waals surface area (Å²) in [5.41, 5.74) is 2.02. The summed E-state index contributed by atoms with van der Waals surface area (Å²) in [4.78, 5) is 37.1. The van der Waals surface area contributed by atoms with Crippen molar-refractivity contribution < 1.29 is 28.6 Å². The lowest BCUT2D eigenvalue weighted by molar-refractivity contribution is -0.112. The lowest BCUT2D eigenvalue weighted by Gasteiger charge is -2.11. The van der Waals surface area contributed by atoms with Crippen molar-refractivity contribution in [3.05, 3.63) is 94.6 Å². The topological polar surface area (TPSA) is 115 Å². The second-order valence-electron chi connectivity index (χ2n) is 7.33. The molecule has 0 unspecified atom stereocenters. The van der Waals surface area contributed by atoms with Crippen molar-refractivity contribution in [3.63, 3.8) is 0 Å². The van der Waals surface area contributed by atoms with Crippen molar-refractivity contribution in [2.24, 2.45) is 0 Å². The number of para-hydroxylation sites is 1. The molecule has 0 aromatic heterocycles. The molecule has 176 valence electrons. The van der Waals surface area contributed by atoms with E-state index < -0.39 is 17.8 Å². The molecule has 8 nitrogen and oxygen atoms in total. The third-order valence-electron chi connectivity index (χ3n) is 4.93. The Bertz CT molecular complexity index is 1340. The number of aryl methyl sites for hydroxylation is 1. The fourth-order valence-corrected chi connectivity index (χ4v) is 3.09. The molecule has 35 heavy (non-hydrogen) atoms. The molecular formula is C27H22N2O6. The van der Waals surface area contributed by atoms with Crippen LogP contribution in [0.1, 0.15) is 31.8 Å². The van der Waals surface area contributed by atoms with Gasteiger partial charge in [0.1, 0.15) is 11.6 Å². The first kappa shape index (κ1) is 24.7. The van der Waals surface area contributed by atoms with Gasteiger partial charge in [0.2, 0.25) is 0 Å². The lowest BCUT2D eigenvalue weighted by Crippen LogP contribution is -2.16. The maximum Gasteiger partial charge on any atom is 0.343 e. The van der Waals surface area contributed by atoms with Crippen molar-refractivity contribution in [2.75, 3.05) is 19.5 Å².